The molecule has 1 aromatic heterocycles. The Balaban J connectivity index is 1.67. The molecule has 0 radical (unpaired) electrons. The van der Waals surface area contributed by atoms with Gasteiger partial charge in [0.2, 0.25) is 5.88 Å². The molecule has 0 saturated heterocycles. The van der Waals surface area contributed by atoms with Crippen LogP contribution >= 0.6 is 23.6 Å². The lowest BCUT2D eigenvalue weighted by Crippen LogP contribution is -2.25. The third-order valence-electron chi connectivity index (χ3n) is 5.93. The molecule has 0 unspecified atom stereocenters. The summed E-state index contributed by atoms with van der Waals surface area (Å²) < 4.78 is 0.590. The second-order valence-electron chi connectivity index (χ2n) is 8.02. The number of phenolic OH excluding ortho intramolecular Hbond substituents is 1. The number of aromatic hydroxyl groups is 2. The van der Waals surface area contributed by atoms with Gasteiger partial charge < -0.3 is 15.2 Å². The van der Waals surface area contributed by atoms with Gasteiger partial charge in [-0.25, -0.2) is 0 Å². The lowest BCUT2D eigenvalue weighted by Gasteiger charge is -2.35. The number of hydrogen-bond donors (Lipinski definition) is 3. The maximum atomic E-state index is 10.5. The van der Waals surface area contributed by atoms with E-state index in [1.54, 1.807) is 0 Å². The van der Waals surface area contributed by atoms with E-state index in [4.69, 9.17) is 12.2 Å². The largest absolute Gasteiger partial charge is 0.508 e. The van der Waals surface area contributed by atoms with Crippen molar-refractivity contribution in [3.63, 3.8) is 0 Å². The minimum atomic E-state index is 0.0500. The van der Waals surface area contributed by atoms with Gasteiger partial charge in [-0.3, -0.25) is 0 Å². The predicted octanol–water partition coefficient (Wildman–Crippen LogP) is 6.70. The van der Waals surface area contributed by atoms with Gasteiger partial charge in [0.15, 0.2) is 3.95 Å². The summed E-state index contributed by atoms with van der Waals surface area (Å²) in [5.74, 6) is 0.568. The maximum absolute atomic E-state index is 10.5. The third kappa shape index (κ3) is 3.87. The van der Waals surface area contributed by atoms with Crippen molar-refractivity contribution >= 4 is 23.6 Å². The van der Waals surface area contributed by atoms with Crippen molar-refractivity contribution in [3.05, 3.63) is 62.4 Å². The standard InChI is InChI=1S/C23H25NO2S2/c1-23(10-3-2-4-11-23)18-14-17(8-9-19(18)25)16-7-5-6-15(12-16)13-20-21(26)24-22(27)28-20/h5-9,12,14,25-26H,2-4,10-11,13H2,1H3,(H,24,27). The lowest BCUT2D eigenvalue weighted by atomic mass is 9.70. The smallest absolute Gasteiger partial charge is 0.203 e. The van der Waals surface area contributed by atoms with Gasteiger partial charge in [-0.15, -0.1) is 11.3 Å². The first-order chi connectivity index (χ1) is 13.4. The highest BCUT2D eigenvalue weighted by atomic mass is 32.1. The molecule has 3 N–H and O–H groups in total. The van der Waals surface area contributed by atoms with Gasteiger partial charge in [0.1, 0.15) is 5.75 Å². The molecule has 3 nitrogen and oxygen atoms in total. The van der Waals surface area contributed by atoms with Crippen molar-refractivity contribution in [1.29, 1.82) is 0 Å². The summed E-state index contributed by atoms with van der Waals surface area (Å²) in [7, 11) is 0. The Morgan fingerprint density at radius 3 is 2.50 bits per heavy atom. The summed E-state index contributed by atoms with van der Waals surface area (Å²) in [6, 6.07) is 14.3. The van der Waals surface area contributed by atoms with E-state index in [0.717, 1.165) is 40.0 Å². The number of H-pyrrole nitrogens is 1. The van der Waals surface area contributed by atoms with Crippen LogP contribution in [0.1, 0.15) is 55.0 Å². The van der Waals surface area contributed by atoms with E-state index in [2.05, 4.69) is 36.2 Å². The molecule has 0 atom stereocenters. The third-order valence-corrected chi connectivity index (χ3v) is 7.15. The number of nitrogens with one attached hydrogen (secondary N) is 1. The van der Waals surface area contributed by atoms with Crippen LogP contribution in [-0.4, -0.2) is 15.2 Å². The fourth-order valence-electron chi connectivity index (χ4n) is 4.32. The van der Waals surface area contributed by atoms with Gasteiger partial charge in [-0.05, 0) is 59.3 Å². The minimum absolute atomic E-state index is 0.0500. The molecule has 4 rings (SSSR count). The van der Waals surface area contributed by atoms with Crippen LogP contribution in [-0.2, 0) is 11.8 Å². The van der Waals surface area contributed by atoms with E-state index in [-0.39, 0.29) is 11.3 Å². The van der Waals surface area contributed by atoms with Crippen LogP contribution < -0.4 is 0 Å². The van der Waals surface area contributed by atoms with Crippen molar-refractivity contribution < 1.29 is 10.2 Å². The van der Waals surface area contributed by atoms with Gasteiger partial charge in [0, 0.05) is 12.0 Å². The first kappa shape index (κ1) is 19.2. The summed E-state index contributed by atoms with van der Waals surface area (Å²) in [5.41, 5.74) is 4.48. The average Bonchev–Trinajstić information content (AvgIpc) is 2.99. The van der Waals surface area contributed by atoms with Crippen LogP contribution in [0.3, 0.4) is 0 Å². The molecule has 146 valence electrons. The van der Waals surface area contributed by atoms with Crippen LogP contribution in [0.25, 0.3) is 11.1 Å². The monoisotopic (exact) mass is 411 g/mol. The topological polar surface area (TPSA) is 56.2 Å². The number of rotatable bonds is 4. The summed E-state index contributed by atoms with van der Waals surface area (Å²) in [5, 5.41) is 20.5. The molecule has 3 aromatic rings. The van der Waals surface area contributed by atoms with Crippen LogP contribution in [0.4, 0.5) is 0 Å². The van der Waals surface area contributed by atoms with E-state index in [1.807, 2.05) is 18.2 Å². The molecule has 5 heteroatoms. The van der Waals surface area contributed by atoms with Crippen molar-refractivity contribution in [2.24, 2.45) is 0 Å². The SMILES string of the molecule is CC1(c2cc(-c3cccc(Cc4sc(=S)[nH]c4O)c3)ccc2O)CCCCC1. The number of phenols is 1. The number of aromatic nitrogens is 1. The number of aromatic amines is 1. The Bertz CT molecular complexity index is 1040. The quantitative estimate of drug-likeness (QED) is 0.419. The molecular weight excluding hydrogens is 386 g/mol. The fourth-order valence-corrected chi connectivity index (χ4v) is 5.48. The van der Waals surface area contributed by atoms with E-state index in [9.17, 15) is 10.2 Å². The van der Waals surface area contributed by atoms with Crippen molar-refractivity contribution in [2.75, 3.05) is 0 Å². The first-order valence-corrected chi connectivity index (χ1v) is 11.0. The van der Waals surface area contributed by atoms with Crippen LogP contribution in [0.2, 0.25) is 0 Å². The Morgan fingerprint density at radius 1 is 1.04 bits per heavy atom. The highest BCUT2D eigenvalue weighted by Gasteiger charge is 2.31. The number of benzene rings is 2. The minimum Gasteiger partial charge on any atom is -0.508 e. The summed E-state index contributed by atoms with van der Waals surface area (Å²) in [6.07, 6.45) is 6.63. The number of thiazole rings is 1. The van der Waals surface area contributed by atoms with Crippen molar-refractivity contribution in [2.45, 2.75) is 50.9 Å². The summed E-state index contributed by atoms with van der Waals surface area (Å²) in [6.45, 7) is 2.28. The highest BCUT2D eigenvalue weighted by molar-refractivity contribution is 7.73. The molecule has 1 aliphatic rings. The summed E-state index contributed by atoms with van der Waals surface area (Å²) >= 11 is 6.53. The molecule has 0 aliphatic heterocycles. The predicted molar refractivity (Wildman–Crippen MR) is 118 cm³/mol. The molecular formula is C23H25NO2S2. The van der Waals surface area contributed by atoms with Gasteiger partial charge in [-0.2, -0.15) is 0 Å². The van der Waals surface area contributed by atoms with Gasteiger partial charge >= 0.3 is 0 Å². The Kier molecular flexibility index (Phi) is 5.30. The second-order valence-corrected chi connectivity index (χ2v) is 9.79. The Morgan fingerprint density at radius 2 is 1.79 bits per heavy atom. The second kappa shape index (κ2) is 7.72. The molecule has 28 heavy (non-hydrogen) atoms. The van der Waals surface area contributed by atoms with E-state index in [0.29, 0.717) is 16.1 Å². The zero-order valence-corrected chi connectivity index (χ0v) is 17.6. The summed E-state index contributed by atoms with van der Waals surface area (Å²) in [4.78, 5) is 3.64. The lowest BCUT2D eigenvalue weighted by molar-refractivity contribution is 0.308. The maximum Gasteiger partial charge on any atom is 0.203 e. The fraction of sp³-hybridized carbons (Fsp3) is 0.348. The van der Waals surface area contributed by atoms with Gasteiger partial charge in [-0.1, -0.05) is 56.5 Å². The normalized spacial score (nSPS) is 16.2. The molecule has 1 fully saturated rings. The van der Waals surface area contributed by atoms with Crippen LogP contribution in [0.5, 0.6) is 11.6 Å². The Labute approximate surface area is 174 Å². The van der Waals surface area contributed by atoms with Gasteiger partial charge in [0.05, 0.1) is 4.88 Å². The first-order valence-electron chi connectivity index (χ1n) is 9.78. The zero-order valence-electron chi connectivity index (χ0n) is 16.0. The van der Waals surface area contributed by atoms with Crippen molar-refractivity contribution in [1.82, 2.24) is 4.98 Å². The van der Waals surface area contributed by atoms with Crippen LogP contribution in [0, 0.1) is 3.95 Å². The molecule has 2 aromatic carbocycles. The van der Waals surface area contributed by atoms with E-state index >= 15 is 0 Å². The molecule has 1 saturated carbocycles. The highest BCUT2D eigenvalue weighted by Crippen LogP contribution is 2.44. The molecule has 0 amide bonds. The zero-order chi connectivity index (χ0) is 19.7. The molecule has 1 heterocycles. The number of hydrogen-bond acceptors (Lipinski definition) is 4. The average molecular weight is 412 g/mol. The van der Waals surface area contributed by atoms with Crippen LogP contribution in [0.15, 0.2) is 42.5 Å². The van der Waals surface area contributed by atoms with E-state index < -0.39 is 0 Å². The van der Waals surface area contributed by atoms with Gasteiger partial charge in [0.25, 0.3) is 0 Å². The molecule has 1 aliphatic carbocycles. The Hall–Kier alpha value is -2.11. The van der Waals surface area contributed by atoms with Crippen molar-refractivity contribution in [3.8, 4) is 22.8 Å². The van der Waals surface area contributed by atoms with E-state index in [1.165, 1.54) is 30.6 Å². The molecule has 0 spiro atoms. The molecule has 0 bridgehead atoms.